The van der Waals surface area contributed by atoms with Gasteiger partial charge < -0.3 is 0 Å². The van der Waals surface area contributed by atoms with Gasteiger partial charge in [-0.15, -0.1) is 0 Å². The van der Waals surface area contributed by atoms with Crippen molar-refractivity contribution in [2.45, 2.75) is 11.3 Å². The molecule has 106 valence electrons. The Labute approximate surface area is 125 Å². The molecule has 0 aliphatic heterocycles. The SMILES string of the molecule is O=S(=O)(NCCc1cccnc1)c1ccc(Br)cc1F. The third kappa shape index (κ3) is 3.84. The van der Waals surface area contributed by atoms with E-state index in [1.54, 1.807) is 18.5 Å². The Morgan fingerprint density at radius 1 is 1.30 bits per heavy atom. The van der Waals surface area contributed by atoms with Gasteiger partial charge in [0.2, 0.25) is 10.0 Å². The minimum Gasteiger partial charge on any atom is -0.264 e. The van der Waals surface area contributed by atoms with Crippen LogP contribution in [-0.2, 0) is 16.4 Å². The standard InChI is InChI=1S/C13H12BrFN2O2S/c14-11-3-4-13(12(15)8-11)20(18,19)17-7-5-10-2-1-6-16-9-10/h1-4,6,8-9,17H,5,7H2. The number of benzene rings is 1. The van der Waals surface area contributed by atoms with Crippen molar-refractivity contribution in [2.24, 2.45) is 0 Å². The molecule has 1 aromatic heterocycles. The molecule has 20 heavy (non-hydrogen) atoms. The lowest BCUT2D eigenvalue weighted by Crippen LogP contribution is -2.26. The zero-order chi connectivity index (χ0) is 14.6. The molecule has 0 atom stereocenters. The molecule has 0 saturated carbocycles. The Balaban J connectivity index is 2.04. The Bertz CT molecular complexity index is 693. The molecule has 0 aliphatic rings. The van der Waals surface area contributed by atoms with E-state index >= 15 is 0 Å². The second-order valence-corrected chi connectivity index (χ2v) is 6.73. The van der Waals surface area contributed by atoms with Crippen LogP contribution < -0.4 is 4.72 Å². The number of rotatable bonds is 5. The Morgan fingerprint density at radius 3 is 2.75 bits per heavy atom. The number of nitrogens with zero attached hydrogens (tertiary/aromatic N) is 1. The zero-order valence-corrected chi connectivity index (χ0v) is 12.8. The van der Waals surface area contributed by atoms with Gasteiger partial charge in [-0.25, -0.2) is 17.5 Å². The van der Waals surface area contributed by atoms with Crippen molar-refractivity contribution in [3.8, 4) is 0 Å². The van der Waals surface area contributed by atoms with Gasteiger partial charge in [0.1, 0.15) is 10.7 Å². The van der Waals surface area contributed by atoms with Crippen LogP contribution in [0.2, 0.25) is 0 Å². The summed E-state index contributed by atoms with van der Waals surface area (Å²) in [7, 11) is -3.84. The molecule has 0 fully saturated rings. The summed E-state index contributed by atoms with van der Waals surface area (Å²) >= 11 is 3.08. The molecule has 7 heteroatoms. The molecule has 0 unspecified atom stereocenters. The number of sulfonamides is 1. The molecule has 1 heterocycles. The van der Waals surface area contributed by atoms with Crippen LogP contribution >= 0.6 is 15.9 Å². The minimum absolute atomic E-state index is 0.184. The maximum Gasteiger partial charge on any atom is 0.243 e. The molecule has 1 aromatic carbocycles. The normalized spacial score (nSPS) is 11.5. The van der Waals surface area contributed by atoms with Crippen LogP contribution in [0.3, 0.4) is 0 Å². The lowest BCUT2D eigenvalue weighted by molar-refractivity contribution is 0.556. The van der Waals surface area contributed by atoms with Crippen LogP contribution in [0.1, 0.15) is 5.56 Å². The van der Waals surface area contributed by atoms with E-state index in [0.29, 0.717) is 10.9 Å². The average molecular weight is 359 g/mol. The van der Waals surface area contributed by atoms with Crippen molar-refractivity contribution < 1.29 is 12.8 Å². The molecule has 0 saturated heterocycles. The van der Waals surface area contributed by atoms with E-state index in [2.05, 4.69) is 25.6 Å². The smallest absolute Gasteiger partial charge is 0.243 e. The fraction of sp³-hybridized carbons (Fsp3) is 0.154. The van der Waals surface area contributed by atoms with E-state index in [-0.39, 0.29) is 11.4 Å². The van der Waals surface area contributed by atoms with Gasteiger partial charge in [0.25, 0.3) is 0 Å². The third-order valence-corrected chi connectivity index (χ3v) is 4.60. The molecule has 2 aromatic rings. The summed E-state index contributed by atoms with van der Waals surface area (Å²) in [5.74, 6) is -0.784. The first-order chi connectivity index (χ1) is 9.49. The van der Waals surface area contributed by atoms with Crippen LogP contribution in [0.4, 0.5) is 4.39 Å². The van der Waals surface area contributed by atoms with Crippen LogP contribution in [0.15, 0.2) is 52.1 Å². The van der Waals surface area contributed by atoms with Crippen LogP contribution in [0.25, 0.3) is 0 Å². The van der Waals surface area contributed by atoms with E-state index in [0.717, 1.165) is 11.6 Å². The minimum atomic E-state index is -3.84. The van der Waals surface area contributed by atoms with E-state index in [4.69, 9.17) is 0 Å². The summed E-state index contributed by atoms with van der Waals surface area (Å²) in [5, 5.41) is 0. The predicted octanol–water partition coefficient (Wildman–Crippen LogP) is 2.50. The molecule has 0 amide bonds. The van der Waals surface area contributed by atoms with Gasteiger partial charge in [0.15, 0.2) is 0 Å². The fourth-order valence-corrected chi connectivity index (χ4v) is 3.07. The summed E-state index contributed by atoms with van der Waals surface area (Å²) in [4.78, 5) is 3.58. The number of hydrogen-bond acceptors (Lipinski definition) is 3. The first-order valence-corrected chi connectivity index (χ1v) is 8.10. The molecule has 0 bridgehead atoms. The summed E-state index contributed by atoms with van der Waals surface area (Å²) in [5.41, 5.74) is 0.909. The molecule has 1 N–H and O–H groups in total. The second-order valence-electron chi connectivity index (χ2n) is 4.08. The van der Waals surface area contributed by atoms with E-state index in [9.17, 15) is 12.8 Å². The van der Waals surface area contributed by atoms with Gasteiger partial charge in [-0.05, 0) is 36.2 Å². The maximum absolute atomic E-state index is 13.6. The first kappa shape index (κ1) is 15.1. The molecule has 0 aliphatic carbocycles. The molecule has 2 rings (SSSR count). The van der Waals surface area contributed by atoms with Crippen molar-refractivity contribution >= 4 is 26.0 Å². The number of hydrogen-bond donors (Lipinski definition) is 1. The highest BCUT2D eigenvalue weighted by molar-refractivity contribution is 9.10. The highest BCUT2D eigenvalue weighted by Crippen LogP contribution is 2.19. The van der Waals surface area contributed by atoms with Crippen molar-refractivity contribution in [3.05, 3.63) is 58.6 Å². The molecule has 4 nitrogen and oxygen atoms in total. The van der Waals surface area contributed by atoms with Crippen molar-refractivity contribution in [3.63, 3.8) is 0 Å². The third-order valence-electron chi connectivity index (χ3n) is 2.61. The van der Waals surface area contributed by atoms with E-state index in [1.807, 2.05) is 6.07 Å². The average Bonchev–Trinajstić information content (AvgIpc) is 2.39. The summed E-state index contributed by atoms with van der Waals surface area (Å²) in [6.45, 7) is 0.184. The highest BCUT2D eigenvalue weighted by atomic mass is 79.9. The van der Waals surface area contributed by atoms with Gasteiger partial charge in [-0.3, -0.25) is 4.98 Å². The Kier molecular flexibility index (Phi) is 4.85. The Morgan fingerprint density at radius 2 is 2.10 bits per heavy atom. The van der Waals surface area contributed by atoms with Crippen molar-refractivity contribution in [2.75, 3.05) is 6.54 Å². The van der Waals surface area contributed by atoms with Crippen LogP contribution in [-0.4, -0.2) is 19.9 Å². The van der Waals surface area contributed by atoms with Crippen LogP contribution in [0.5, 0.6) is 0 Å². The zero-order valence-electron chi connectivity index (χ0n) is 10.4. The van der Waals surface area contributed by atoms with Crippen molar-refractivity contribution in [1.82, 2.24) is 9.71 Å². The molecular formula is C13H12BrFN2O2S. The van der Waals surface area contributed by atoms with Gasteiger partial charge in [-0.1, -0.05) is 22.0 Å². The highest BCUT2D eigenvalue weighted by Gasteiger charge is 2.18. The van der Waals surface area contributed by atoms with E-state index in [1.165, 1.54) is 12.1 Å². The lowest BCUT2D eigenvalue weighted by atomic mass is 10.2. The predicted molar refractivity (Wildman–Crippen MR) is 77.2 cm³/mol. The van der Waals surface area contributed by atoms with Crippen molar-refractivity contribution in [1.29, 1.82) is 0 Å². The first-order valence-electron chi connectivity index (χ1n) is 5.83. The van der Waals surface area contributed by atoms with E-state index < -0.39 is 15.8 Å². The number of pyridine rings is 1. The van der Waals surface area contributed by atoms with Gasteiger partial charge in [0.05, 0.1) is 0 Å². The fourth-order valence-electron chi connectivity index (χ4n) is 1.65. The van der Waals surface area contributed by atoms with Gasteiger partial charge >= 0.3 is 0 Å². The molecule has 0 spiro atoms. The van der Waals surface area contributed by atoms with Gasteiger partial charge in [0, 0.05) is 23.4 Å². The summed E-state index contributed by atoms with van der Waals surface area (Å²) in [6.07, 6.45) is 3.80. The van der Waals surface area contributed by atoms with Crippen LogP contribution in [0, 0.1) is 5.82 Å². The number of nitrogens with one attached hydrogen (secondary N) is 1. The second kappa shape index (κ2) is 6.43. The Hall–Kier alpha value is -1.31. The molecular weight excluding hydrogens is 347 g/mol. The quantitative estimate of drug-likeness (QED) is 0.893. The summed E-state index contributed by atoms with van der Waals surface area (Å²) < 4.78 is 40.4. The number of aromatic nitrogens is 1. The lowest BCUT2D eigenvalue weighted by Gasteiger charge is -2.08. The van der Waals surface area contributed by atoms with Gasteiger partial charge in [-0.2, -0.15) is 0 Å². The molecule has 0 radical (unpaired) electrons. The summed E-state index contributed by atoms with van der Waals surface area (Å²) in [6, 6.07) is 7.46. The monoisotopic (exact) mass is 358 g/mol. The topological polar surface area (TPSA) is 59.1 Å². The number of halogens is 2. The largest absolute Gasteiger partial charge is 0.264 e. The maximum atomic E-state index is 13.6.